The summed E-state index contributed by atoms with van der Waals surface area (Å²) in [7, 11) is 2.97. The number of ketones is 2. The highest BCUT2D eigenvalue weighted by molar-refractivity contribution is 6.24. The van der Waals surface area contributed by atoms with Gasteiger partial charge >= 0.3 is 6.18 Å². The lowest BCUT2D eigenvalue weighted by molar-refractivity contribution is -0.148. The van der Waals surface area contributed by atoms with E-state index >= 15 is 13.2 Å². The van der Waals surface area contributed by atoms with Gasteiger partial charge in [0.2, 0.25) is 5.78 Å². The second kappa shape index (κ2) is 10.0. The molecule has 1 aromatic rings. The van der Waals surface area contributed by atoms with Gasteiger partial charge in [-0.05, 0) is 100 Å². The zero-order valence-electron chi connectivity index (χ0n) is 25.7. The molecule has 3 fully saturated rings. The van der Waals surface area contributed by atoms with Crippen molar-refractivity contribution in [2.75, 3.05) is 20.6 Å². The number of hydrogen-bond donors (Lipinski definition) is 5. The van der Waals surface area contributed by atoms with Gasteiger partial charge in [-0.25, -0.2) is 0 Å². The molecule has 0 bridgehead atoms. The highest BCUT2D eigenvalue weighted by Gasteiger charge is 2.64. The molecule has 10 nitrogen and oxygen atoms in total. The Balaban J connectivity index is 1.35. The number of alkyl halides is 3. The zero-order valence-corrected chi connectivity index (χ0v) is 25.7. The third-order valence-electron chi connectivity index (χ3n) is 11.4. The Labute approximate surface area is 263 Å². The van der Waals surface area contributed by atoms with Gasteiger partial charge in [0.1, 0.15) is 22.8 Å². The number of carbonyl (C=O) groups is 3. The van der Waals surface area contributed by atoms with Gasteiger partial charge in [0.05, 0.1) is 17.2 Å². The molecule has 6 N–H and O–H groups in total. The molecule has 3 saturated carbocycles. The molecule has 0 radical (unpaired) electrons. The number of phenols is 1. The maximum absolute atomic E-state index is 15.1. The Hall–Kier alpha value is -3.42. The molecule has 46 heavy (non-hydrogen) atoms. The van der Waals surface area contributed by atoms with E-state index in [1.165, 1.54) is 19.0 Å². The molecule has 1 amide bonds. The summed E-state index contributed by atoms with van der Waals surface area (Å²) >= 11 is 0. The third-order valence-corrected chi connectivity index (χ3v) is 11.4. The molecule has 6 aliphatic rings. The maximum atomic E-state index is 15.1. The van der Waals surface area contributed by atoms with Gasteiger partial charge in [-0.2, -0.15) is 13.2 Å². The lowest BCUT2D eigenvalue weighted by atomic mass is 9.58. The summed E-state index contributed by atoms with van der Waals surface area (Å²) in [5.74, 6) is -7.96. The van der Waals surface area contributed by atoms with E-state index in [0.717, 1.165) is 44.6 Å². The number of aromatic hydroxyl groups is 1. The fraction of sp³-hybridized carbons (Fsp3) is 0.606. The molecule has 4 atom stereocenters. The average Bonchev–Trinajstić information content (AvgIpc) is 3.79. The number of nitrogens with two attached hydrogens (primary N) is 1. The number of aliphatic hydroxyl groups excluding tert-OH is 2. The molecule has 0 spiro atoms. The van der Waals surface area contributed by atoms with Crippen molar-refractivity contribution in [3.63, 3.8) is 0 Å². The number of hydrogen-bond acceptors (Lipinski definition) is 9. The third kappa shape index (κ3) is 4.45. The van der Waals surface area contributed by atoms with Crippen LogP contribution in [0, 0.1) is 23.7 Å². The monoisotopic (exact) mass is 645 g/mol. The Morgan fingerprint density at radius 2 is 1.74 bits per heavy atom. The number of rotatable bonds is 8. The molecule has 7 rings (SSSR count). The molecule has 0 heterocycles. The van der Waals surface area contributed by atoms with E-state index in [9.17, 15) is 34.8 Å². The van der Waals surface area contributed by atoms with Crippen LogP contribution in [0.2, 0.25) is 0 Å². The number of likely N-dealkylation sites (N-methyl/N-ethyl adjacent to an activating group) is 1. The van der Waals surface area contributed by atoms with Gasteiger partial charge < -0.3 is 26.2 Å². The summed E-state index contributed by atoms with van der Waals surface area (Å²) in [5, 5.41) is 45.3. The molecule has 13 heteroatoms. The fourth-order valence-electron chi connectivity index (χ4n) is 8.82. The number of halogens is 3. The van der Waals surface area contributed by atoms with E-state index in [-0.39, 0.29) is 29.6 Å². The second-order valence-corrected chi connectivity index (χ2v) is 14.4. The Kier molecular flexibility index (Phi) is 6.81. The van der Waals surface area contributed by atoms with Gasteiger partial charge in [-0.1, -0.05) is 0 Å². The first kappa shape index (κ1) is 31.2. The van der Waals surface area contributed by atoms with Crippen LogP contribution in [0.3, 0.4) is 0 Å². The lowest BCUT2D eigenvalue weighted by Crippen LogP contribution is -2.63. The SMILES string of the molecule is CN(C)[C@@H]1C(O)=C(C(N)=O)C(=O)[C@@]2(O)C(O)=C3C(=O)c4c(O)cc(CN(CC5CC5)C5(C6CC6)CC5)c(C(F)(F)F)c4C[C@H]3C[C@@H]12. The smallest absolute Gasteiger partial charge is 0.417 e. The molecular formula is C33H38F3N3O7. The predicted molar refractivity (Wildman–Crippen MR) is 156 cm³/mol. The van der Waals surface area contributed by atoms with Crippen LogP contribution in [-0.4, -0.2) is 85.5 Å². The Bertz CT molecular complexity index is 1640. The number of Topliss-reactive ketones (excluding diaryl/α,β-unsaturated/α-hetero) is 2. The van der Waals surface area contributed by atoms with E-state index in [0.29, 0.717) is 18.4 Å². The van der Waals surface area contributed by atoms with Crippen LogP contribution in [0.15, 0.2) is 28.7 Å². The van der Waals surface area contributed by atoms with Crippen LogP contribution in [-0.2, 0) is 28.7 Å². The number of nitrogens with zero attached hydrogens (tertiary/aromatic N) is 2. The number of benzene rings is 1. The normalized spacial score (nSPS) is 30.5. The van der Waals surface area contributed by atoms with Gasteiger partial charge in [0.15, 0.2) is 11.4 Å². The highest BCUT2D eigenvalue weighted by atomic mass is 19.4. The van der Waals surface area contributed by atoms with E-state index in [1.807, 2.05) is 0 Å². The first-order valence-electron chi connectivity index (χ1n) is 15.9. The molecule has 248 valence electrons. The number of phenolic OH excluding ortho intramolecular Hbond substituents is 1. The van der Waals surface area contributed by atoms with Crippen molar-refractivity contribution in [2.45, 2.75) is 81.3 Å². The van der Waals surface area contributed by atoms with E-state index in [4.69, 9.17) is 5.73 Å². The number of aliphatic hydroxyl groups is 3. The number of allylic oxidation sites excluding steroid dienone is 1. The fourth-order valence-corrected chi connectivity index (χ4v) is 8.82. The van der Waals surface area contributed by atoms with E-state index in [2.05, 4.69) is 4.90 Å². The number of fused-ring (bicyclic) bond motifs is 3. The molecule has 0 unspecified atom stereocenters. The largest absolute Gasteiger partial charge is 0.510 e. The van der Waals surface area contributed by atoms with Gasteiger partial charge in [0.25, 0.3) is 5.91 Å². The molecule has 1 aromatic carbocycles. The van der Waals surface area contributed by atoms with Crippen LogP contribution >= 0.6 is 0 Å². The van der Waals surface area contributed by atoms with Crippen LogP contribution < -0.4 is 5.73 Å². The summed E-state index contributed by atoms with van der Waals surface area (Å²) < 4.78 is 45.2. The van der Waals surface area contributed by atoms with E-state index in [1.54, 1.807) is 0 Å². The van der Waals surface area contributed by atoms with E-state index < -0.39 is 93.1 Å². The molecular weight excluding hydrogens is 607 g/mol. The molecule has 0 saturated heterocycles. The van der Waals surface area contributed by atoms with Crippen LogP contribution in [0.5, 0.6) is 5.75 Å². The summed E-state index contributed by atoms with van der Waals surface area (Å²) in [6, 6.07) is -0.235. The van der Waals surface area contributed by atoms with Gasteiger partial charge in [-0.15, -0.1) is 0 Å². The maximum Gasteiger partial charge on any atom is 0.417 e. The van der Waals surface area contributed by atoms with Crippen molar-refractivity contribution >= 4 is 17.5 Å². The molecule has 6 aliphatic carbocycles. The number of amides is 1. The summed E-state index contributed by atoms with van der Waals surface area (Å²) in [5.41, 5.74) is -1.19. The van der Waals surface area contributed by atoms with Gasteiger partial charge in [-0.3, -0.25) is 24.2 Å². The van der Waals surface area contributed by atoms with Crippen LogP contribution in [0.4, 0.5) is 13.2 Å². The second-order valence-electron chi connectivity index (χ2n) is 14.4. The average molecular weight is 646 g/mol. The first-order chi connectivity index (χ1) is 21.5. The van der Waals surface area contributed by atoms with Crippen LogP contribution in [0.25, 0.3) is 0 Å². The number of primary amides is 1. The zero-order chi connectivity index (χ0) is 33.2. The van der Waals surface area contributed by atoms with Gasteiger partial charge in [0, 0.05) is 30.1 Å². The van der Waals surface area contributed by atoms with Crippen LogP contribution in [0.1, 0.15) is 72.0 Å². The minimum atomic E-state index is -4.88. The Morgan fingerprint density at radius 1 is 1.09 bits per heavy atom. The van der Waals surface area contributed by atoms with Crippen molar-refractivity contribution in [1.82, 2.24) is 9.80 Å². The van der Waals surface area contributed by atoms with Crippen molar-refractivity contribution < 1.29 is 48.0 Å². The summed E-state index contributed by atoms with van der Waals surface area (Å²) in [6.07, 6.45) is 0.426. The highest BCUT2D eigenvalue weighted by Crippen LogP contribution is 2.59. The topological polar surface area (TPSA) is 165 Å². The summed E-state index contributed by atoms with van der Waals surface area (Å²) in [4.78, 5) is 43.2. The van der Waals surface area contributed by atoms with Crippen molar-refractivity contribution in [3.8, 4) is 5.75 Å². The minimum Gasteiger partial charge on any atom is -0.510 e. The predicted octanol–water partition coefficient (Wildman–Crippen LogP) is 3.29. The number of carbonyl (C=O) groups excluding carboxylic acids is 3. The first-order valence-corrected chi connectivity index (χ1v) is 15.9. The minimum absolute atomic E-state index is 0.0242. The van der Waals surface area contributed by atoms with Crippen molar-refractivity contribution in [2.24, 2.45) is 29.4 Å². The standard InChI is InChI=1S/C33H38F3N3O7/c1-38(2)25-19-10-15-9-18-22(26(41)21(15)28(43)32(19,46)29(44)23(27(25)42)30(37)45)20(40)11-16(24(18)33(34,35)36)13-39(12-14-3-4-14)31(7-8-31)17-5-6-17/h11,14-15,17,19,25,40,42-43,46H,3-10,12-13H2,1-2H3,(H2,37,45)/t15-,19-,25-,32-/m0/s1. The lowest BCUT2D eigenvalue weighted by Gasteiger charge is -2.50. The quantitative estimate of drug-likeness (QED) is 0.267. The molecule has 0 aromatic heterocycles. The Morgan fingerprint density at radius 3 is 2.26 bits per heavy atom. The van der Waals surface area contributed by atoms with Crippen molar-refractivity contribution in [1.29, 1.82) is 0 Å². The summed E-state index contributed by atoms with van der Waals surface area (Å²) in [6.45, 7) is 0.655. The molecule has 0 aliphatic heterocycles. The van der Waals surface area contributed by atoms with Crippen molar-refractivity contribution in [3.05, 3.63) is 51.0 Å².